The number of nitrogens with one attached hydrogen (secondary N) is 1. The Balaban J connectivity index is 1.47. The number of benzene rings is 2. The molecule has 11 heteroatoms. The number of hydrogen-bond acceptors (Lipinski definition) is 8. The highest BCUT2D eigenvalue weighted by atomic mass is 32.2. The summed E-state index contributed by atoms with van der Waals surface area (Å²) in [4.78, 5) is 49.8. The number of carbonyl (C=O) groups excluding carboxylic acids is 3. The monoisotopic (exact) mass is 607 g/mol. The zero-order valence-corrected chi connectivity index (χ0v) is 26.4. The van der Waals surface area contributed by atoms with Gasteiger partial charge in [0.2, 0.25) is 5.91 Å². The Kier molecular flexibility index (Phi) is 10.4. The van der Waals surface area contributed by atoms with E-state index in [9.17, 15) is 14.4 Å². The summed E-state index contributed by atoms with van der Waals surface area (Å²) < 4.78 is 6.47. The molecule has 0 atom stereocenters. The van der Waals surface area contributed by atoms with E-state index in [1.807, 2.05) is 51.4 Å². The van der Waals surface area contributed by atoms with Crippen LogP contribution in [0, 0.1) is 6.92 Å². The van der Waals surface area contributed by atoms with Gasteiger partial charge in [0.25, 0.3) is 11.8 Å². The molecule has 0 bridgehead atoms. The van der Waals surface area contributed by atoms with E-state index >= 15 is 0 Å². The molecule has 2 heterocycles. The van der Waals surface area contributed by atoms with Crippen LogP contribution in [0.2, 0.25) is 0 Å². The molecule has 4 rings (SSSR count). The van der Waals surface area contributed by atoms with Gasteiger partial charge in [0.15, 0.2) is 5.13 Å². The molecule has 1 aromatic heterocycles. The lowest BCUT2D eigenvalue weighted by Gasteiger charge is -2.23. The summed E-state index contributed by atoms with van der Waals surface area (Å²) in [5, 5.41) is 3.40. The maximum Gasteiger partial charge on any atom is 0.257 e. The summed E-state index contributed by atoms with van der Waals surface area (Å²) in [5.41, 5.74) is 3.56. The summed E-state index contributed by atoms with van der Waals surface area (Å²) >= 11 is 2.86. The Bertz CT molecular complexity index is 1490. The van der Waals surface area contributed by atoms with Crippen molar-refractivity contribution in [2.75, 3.05) is 52.7 Å². The third-order valence-corrected chi connectivity index (χ3v) is 8.94. The van der Waals surface area contributed by atoms with E-state index in [0.717, 1.165) is 26.8 Å². The van der Waals surface area contributed by atoms with Crippen LogP contribution in [0.3, 0.4) is 0 Å². The molecule has 0 saturated carbocycles. The van der Waals surface area contributed by atoms with Crippen LogP contribution in [-0.4, -0.2) is 84.8 Å². The van der Waals surface area contributed by atoms with Crippen LogP contribution in [0.4, 0.5) is 5.13 Å². The molecular weight excluding hydrogens is 571 g/mol. The predicted octanol–water partition coefficient (Wildman–Crippen LogP) is 5.18. The first kappa shape index (κ1) is 31.3. The van der Waals surface area contributed by atoms with Gasteiger partial charge in [-0.1, -0.05) is 41.8 Å². The lowest BCUT2D eigenvalue weighted by Crippen LogP contribution is -2.37. The van der Waals surface area contributed by atoms with Gasteiger partial charge in [-0.25, -0.2) is 4.98 Å². The highest BCUT2D eigenvalue weighted by Gasteiger charge is 2.26. The van der Waals surface area contributed by atoms with Crippen molar-refractivity contribution >= 4 is 46.0 Å². The number of aryl methyl sites for hydroxylation is 1. The molecule has 0 unspecified atom stereocenters. The Morgan fingerprint density at radius 2 is 1.86 bits per heavy atom. The van der Waals surface area contributed by atoms with Crippen LogP contribution < -0.4 is 10.1 Å². The van der Waals surface area contributed by atoms with Crippen molar-refractivity contribution < 1.29 is 19.1 Å². The Morgan fingerprint density at radius 3 is 2.57 bits per heavy atom. The van der Waals surface area contributed by atoms with Crippen molar-refractivity contribution in [3.8, 4) is 5.75 Å². The quantitative estimate of drug-likeness (QED) is 0.335. The molecule has 1 saturated heterocycles. The number of ether oxygens (including phenoxy) is 1. The van der Waals surface area contributed by atoms with Gasteiger partial charge < -0.3 is 19.4 Å². The molecule has 42 heavy (non-hydrogen) atoms. The highest BCUT2D eigenvalue weighted by Crippen LogP contribution is 2.38. The van der Waals surface area contributed by atoms with Crippen LogP contribution in [0.15, 0.2) is 63.9 Å². The number of anilines is 1. The van der Waals surface area contributed by atoms with E-state index in [1.54, 1.807) is 36.1 Å². The van der Waals surface area contributed by atoms with Gasteiger partial charge in [-0.15, -0.1) is 0 Å². The summed E-state index contributed by atoms with van der Waals surface area (Å²) in [7, 11) is 5.53. The smallest absolute Gasteiger partial charge is 0.257 e. The van der Waals surface area contributed by atoms with Gasteiger partial charge in [-0.05, 0) is 69.8 Å². The molecule has 1 aliphatic rings. The molecule has 9 nitrogen and oxygen atoms in total. The second-order valence-corrected chi connectivity index (χ2v) is 12.9. The summed E-state index contributed by atoms with van der Waals surface area (Å²) in [6, 6.07) is 11.3. The fraction of sp³-hybridized carbons (Fsp3) is 0.355. The molecule has 3 amide bonds. The van der Waals surface area contributed by atoms with E-state index in [4.69, 9.17) is 4.74 Å². The van der Waals surface area contributed by atoms with Crippen molar-refractivity contribution in [1.82, 2.24) is 19.7 Å². The summed E-state index contributed by atoms with van der Waals surface area (Å²) in [6.07, 6.45) is 2.41. The summed E-state index contributed by atoms with van der Waals surface area (Å²) in [5.74, 6) is 0.0895. The molecule has 0 spiro atoms. The fourth-order valence-corrected chi connectivity index (χ4v) is 6.63. The average Bonchev–Trinajstić information content (AvgIpc) is 3.24. The van der Waals surface area contributed by atoms with Gasteiger partial charge in [0.1, 0.15) is 5.75 Å². The van der Waals surface area contributed by atoms with Crippen LogP contribution in [0.5, 0.6) is 5.75 Å². The number of carbonyl (C=O) groups is 3. The van der Waals surface area contributed by atoms with E-state index in [0.29, 0.717) is 60.2 Å². The van der Waals surface area contributed by atoms with Gasteiger partial charge in [-0.2, -0.15) is 0 Å². The van der Waals surface area contributed by atoms with Crippen molar-refractivity contribution in [2.45, 2.75) is 35.9 Å². The predicted molar refractivity (Wildman–Crippen MR) is 168 cm³/mol. The van der Waals surface area contributed by atoms with Crippen LogP contribution in [0.1, 0.15) is 45.2 Å². The number of rotatable bonds is 9. The van der Waals surface area contributed by atoms with Gasteiger partial charge >= 0.3 is 0 Å². The van der Waals surface area contributed by atoms with E-state index in [-0.39, 0.29) is 17.7 Å². The lowest BCUT2D eigenvalue weighted by atomic mass is 10.1. The van der Waals surface area contributed by atoms with Crippen molar-refractivity contribution in [3.05, 3.63) is 77.0 Å². The van der Waals surface area contributed by atoms with Crippen LogP contribution in [0.25, 0.3) is 0 Å². The second kappa shape index (κ2) is 14.0. The highest BCUT2D eigenvalue weighted by molar-refractivity contribution is 8.01. The topological polar surface area (TPSA) is 95.1 Å². The van der Waals surface area contributed by atoms with Crippen LogP contribution in [-0.2, 0) is 11.3 Å². The number of thiazole rings is 1. The minimum atomic E-state index is -0.212. The first-order valence-electron chi connectivity index (χ1n) is 13.7. The normalized spacial score (nSPS) is 13.6. The summed E-state index contributed by atoms with van der Waals surface area (Å²) in [6.45, 7) is 10.2. The molecule has 0 radical (unpaired) electrons. The number of hydrogen-bond donors (Lipinski definition) is 1. The maximum atomic E-state index is 13.7. The van der Waals surface area contributed by atoms with Gasteiger partial charge in [0.05, 0.1) is 23.1 Å². The van der Waals surface area contributed by atoms with Gasteiger partial charge in [-0.3, -0.25) is 19.7 Å². The Labute approximate surface area is 255 Å². The second-order valence-electron chi connectivity index (χ2n) is 10.5. The largest absolute Gasteiger partial charge is 0.496 e. The third-order valence-electron chi connectivity index (χ3n) is 6.77. The SMILES string of the molecule is C=C(C)C(=O)N1CCCN(C(=O)c2cc(Sc3cnc(NC(=O)c4cccc(CN(C)C)c4)s3)c(C)cc2OC)CC1. The molecular formula is C31H37N5O4S2. The Hall–Kier alpha value is -3.67. The number of methoxy groups -OCH3 is 1. The zero-order chi connectivity index (χ0) is 30.4. The molecule has 0 aliphatic carbocycles. The lowest BCUT2D eigenvalue weighted by molar-refractivity contribution is -0.126. The molecule has 1 fully saturated rings. The van der Waals surface area contributed by atoms with Gasteiger partial charge in [0, 0.05) is 48.8 Å². The molecule has 2 aromatic carbocycles. The van der Waals surface area contributed by atoms with E-state index < -0.39 is 0 Å². The van der Waals surface area contributed by atoms with Crippen molar-refractivity contribution in [3.63, 3.8) is 0 Å². The van der Waals surface area contributed by atoms with Crippen LogP contribution >= 0.6 is 23.1 Å². The number of nitrogens with zero attached hydrogens (tertiary/aromatic N) is 4. The molecule has 3 aromatic rings. The molecule has 222 valence electrons. The maximum absolute atomic E-state index is 13.7. The average molecular weight is 608 g/mol. The van der Waals surface area contributed by atoms with Crippen molar-refractivity contribution in [2.24, 2.45) is 0 Å². The first-order chi connectivity index (χ1) is 20.0. The molecule has 1 N–H and O–H groups in total. The number of amides is 3. The zero-order valence-electron chi connectivity index (χ0n) is 24.7. The molecule has 1 aliphatic heterocycles. The minimum Gasteiger partial charge on any atom is -0.496 e. The first-order valence-corrected chi connectivity index (χ1v) is 15.3. The third kappa shape index (κ3) is 7.78. The Morgan fingerprint density at radius 1 is 1.12 bits per heavy atom. The fourth-order valence-electron chi connectivity index (χ4n) is 4.69. The van der Waals surface area contributed by atoms with Crippen molar-refractivity contribution in [1.29, 1.82) is 0 Å². The number of aromatic nitrogens is 1. The van der Waals surface area contributed by atoms with E-state index in [1.165, 1.54) is 23.1 Å². The van der Waals surface area contributed by atoms with E-state index in [2.05, 4.69) is 21.8 Å². The minimum absolute atomic E-state index is 0.0751. The standard InChI is InChI=1S/C31H37N5O4S2/c1-20(2)29(38)35-11-8-12-36(14-13-35)30(39)24-17-26(21(3)15-25(24)40-6)41-27-18-32-31(42-27)33-28(37)23-10-7-9-22(16-23)19-34(4)5/h7,9-10,15-18H,1,8,11-14,19H2,2-6H3,(H,32,33,37).